The molecule has 1 atom stereocenters. The molecule has 8 rings (SSSR count). The van der Waals surface area contributed by atoms with E-state index in [2.05, 4.69) is 76.1 Å². The van der Waals surface area contributed by atoms with Crippen molar-refractivity contribution in [3.63, 3.8) is 0 Å². The molecule has 6 aromatic carbocycles. The van der Waals surface area contributed by atoms with Gasteiger partial charge in [0.05, 0.1) is 22.4 Å². The van der Waals surface area contributed by atoms with Crippen molar-refractivity contribution in [1.82, 2.24) is 0 Å². The van der Waals surface area contributed by atoms with Crippen LogP contribution in [0.15, 0.2) is 140 Å². The second-order valence-corrected chi connectivity index (χ2v) is 12.1. The van der Waals surface area contributed by atoms with Crippen LogP contribution in [0.5, 0.6) is 0 Å². The van der Waals surface area contributed by atoms with Gasteiger partial charge in [-0.25, -0.2) is 0 Å². The number of hydrogen-bond acceptors (Lipinski definition) is 1. The molecule has 0 bridgehead atoms. The van der Waals surface area contributed by atoms with Crippen molar-refractivity contribution in [1.29, 1.82) is 0 Å². The lowest BCUT2D eigenvalue weighted by Gasteiger charge is -2.34. The molecule has 3 nitrogen and oxygen atoms in total. The number of para-hydroxylation sites is 3. The predicted molar refractivity (Wildman–Crippen MR) is 159 cm³/mol. The monoisotopic (exact) mass is 506 g/mol. The predicted octanol–water partition coefficient (Wildman–Crippen LogP) is 9.30. The fourth-order valence-electron chi connectivity index (χ4n) is 6.18. The van der Waals surface area contributed by atoms with E-state index in [1.165, 1.54) is 27.6 Å². The number of anilines is 4. The lowest BCUT2D eigenvalue weighted by atomic mass is 10.0. The molecule has 0 spiro atoms. The molecule has 180 valence electrons. The molecule has 0 radical (unpaired) electrons. The molecule has 0 aromatic heterocycles. The molecule has 0 fully saturated rings. The fraction of sp³-hybridized carbons (Fsp3) is 0. The lowest BCUT2D eigenvalue weighted by Crippen LogP contribution is -2.26. The van der Waals surface area contributed by atoms with Gasteiger partial charge in [0.2, 0.25) is 0 Å². The zero-order valence-electron chi connectivity index (χ0n) is 20.5. The van der Waals surface area contributed by atoms with Gasteiger partial charge in [0.1, 0.15) is 0 Å². The average Bonchev–Trinajstić information content (AvgIpc) is 3.45. The van der Waals surface area contributed by atoms with Crippen molar-refractivity contribution >= 4 is 46.3 Å². The number of hydrogen-bond donors (Lipinski definition) is 0. The number of nitrogens with zero attached hydrogens (tertiary/aromatic N) is 2. The Balaban J connectivity index is 1.47. The van der Waals surface area contributed by atoms with Crippen molar-refractivity contribution < 1.29 is 4.57 Å². The molecule has 1 aliphatic carbocycles. The van der Waals surface area contributed by atoms with E-state index in [1.54, 1.807) is 0 Å². The summed E-state index contributed by atoms with van der Waals surface area (Å²) >= 11 is 0. The van der Waals surface area contributed by atoms with Gasteiger partial charge in [0, 0.05) is 11.1 Å². The summed E-state index contributed by atoms with van der Waals surface area (Å²) in [6, 6.07) is 47.7. The number of benzene rings is 6. The van der Waals surface area contributed by atoms with Crippen LogP contribution in [0.1, 0.15) is 0 Å². The van der Waals surface area contributed by atoms with Gasteiger partial charge < -0.3 is 0 Å². The van der Waals surface area contributed by atoms with Gasteiger partial charge in [-0.15, -0.1) is 0 Å². The Labute approximate surface area is 221 Å². The first-order chi connectivity index (χ1) is 18.8. The molecule has 2 aliphatic rings. The van der Waals surface area contributed by atoms with Gasteiger partial charge >= 0.3 is 7.44 Å². The van der Waals surface area contributed by atoms with Crippen LogP contribution in [0.4, 0.5) is 22.7 Å². The molecule has 0 saturated carbocycles. The summed E-state index contributed by atoms with van der Waals surface area (Å²) in [6.07, 6.45) is 0. The SMILES string of the molecule is O=P1(c2ccccc2)N(c2ccccc2)c2ccccc2N1c1ccc2c3c(cccc13)-c1ccccc1-2. The Hall–Kier alpha value is -4.59. The zero-order valence-corrected chi connectivity index (χ0v) is 21.4. The van der Waals surface area contributed by atoms with Gasteiger partial charge in [-0.3, -0.25) is 13.9 Å². The molecule has 6 aromatic rings. The van der Waals surface area contributed by atoms with E-state index in [0.29, 0.717) is 0 Å². The Bertz CT molecular complexity index is 1890. The zero-order chi connectivity index (χ0) is 25.3. The third-order valence-corrected chi connectivity index (χ3v) is 10.7. The van der Waals surface area contributed by atoms with Crippen LogP contribution < -0.4 is 14.6 Å². The average molecular weight is 507 g/mol. The van der Waals surface area contributed by atoms with Crippen molar-refractivity contribution in [2.45, 2.75) is 0 Å². The maximum Gasteiger partial charge on any atom is 0.301 e. The molecule has 0 saturated heterocycles. The van der Waals surface area contributed by atoms with E-state index in [0.717, 1.165) is 33.4 Å². The van der Waals surface area contributed by atoms with Crippen molar-refractivity contribution in [2.24, 2.45) is 0 Å². The third kappa shape index (κ3) is 2.77. The van der Waals surface area contributed by atoms with Crippen LogP contribution in [-0.4, -0.2) is 0 Å². The highest BCUT2D eigenvalue weighted by Crippen LogP contribution is 2.70. The second-order valence-electron chi connectivity index (χ2n) is 9.73. The summed E-state index contributed by atoms with van der Waals surface area (Å²) in [7, 11) is -3.39. The van der Waals surface area contributed by atoms with Gasteiger partial charge in [0.25, 0.3) is 0 Å². The van der Waals surface area contributed by atoms with E-state index >= 15 is 4.57 Å². The second kappa shape index (κ2) is 7.95. The van der Waals surface area contributed by atoms with Crippen LogP contribution in [0.25, 0.3) is 33.0 Å². The van der Waals surface area contributed by atoms with E-state index < -0.39 is 7.44 Å². The number of fused-ring (bicyclic) bond motifs is 4. The summed E-state index contributed by atoms with van der Waals surface area (Å²) in [5.74, 6) is 0. The molecule has 1 heterocycles. The highest BCUT2D eigenvalue weighted by molar-refractivity contribution is 7.76. The molecule has 1 aliphatic heterocycles. The molecule has 0 N–H and O–H groups in total. The van der Waals surface area contributed by atoms with E-state index in [1.807, 2.05) is 72.8 Å². The minimum atomic E-state index is -3.39. The molecule has 1 unspecified atom stereocenters. The minimum Gasteiger partial charge on any atom is -0.270 e. The van der Waals surface area contributed by atoms with E-state index in [4.69, 9.17) is 0 Å². The van der Waals surface area contributed by atoms with Crippen molar-refractivity contribution in [3.8, 4) is 22.3 Å². The number of rotatable bonds is 3. The molecular weight excluding hydrogens is 483 g/mol. The van der Waals surface area contributed by atoms with Crippen LogP contribution in [0.3, 0.4) is 0 Å². The Morgan fingerprint density at radius 2 is 0.974 bits per heavy atom. The maximum atomic E-state index is 15.8. The van der Waals surface area contributed by atoms with Crippen LogP contribution >= 0.6 is 7.44 Å². The standard InChI is InChI=1S/C34H23N2OP/c37-38(25-14-5-2-6-15-25)35(24-12-3-1-4-13-24)32-20-9-10-21-33(32)36(38)31-23-22-29-27-17-8-7-16-26(27)28-18-11-19-30(31)34(28)29/h1-23H. The molecule has 0 amide bonds. The molecule has 38 heavy (non-hydrogen) atoms. The first-order valence-corrected chi connectivity index (χ1v) is 14.4. The summed E-state index contributed by atoms with van der Waals surface area (Å²) in [5, 5.41) is 3.13. The Morgan fingerprint density at radius 1 is 0.421 bits per heavy atom. The van der Waals surface area contributed by atoms with Gasteiger partial charge in [-0.1, -0.05) is 97.1 Å². The molecular formula is C34H23N2OP. The topological polar surface area (TPSA) is 23.6 Å². The third-order valence-electron chi connectivity index (χ3n) is 7.73. The smallest absolute Gasteiger partial charge is 0.270 e. The summed E-state index contributed by atoms with van der Waals surface area (Å²) in [5.41, 5.74) is 8.73. The highest BCUT2D eigenvalue weighted by atomic mass is 31.2. The van der Waals surface area contributed by atoms with Gasteiger partial charge in [-0.05, 0) is 70.1 Å². The largest absolute Gasteiger partial charge is 0.301 e. The Morgan fingerprint density at radius 3 is 1.68 bits per heavy atom. The normalized spacial score (nSPS) is 17.1. The fourth-order valence-corrected chi connectivity index (χ4v) is 9.21. The van der Waals surface area contributed by atoms with Crippen LogP contribution in [0, 0.1) is 0 Å². The van der Waals surface area contributed by atoms with Crippen LogP contribution in [0.2, 0.25) is 0 Å². The first-order valence-electron chi connectivity index (χ1n) is 12.8. The van der Waals surface area contributed by atoms with Gasteiger partial charge in [0.15, 0.2) is 0 Å². The van der Waals surface area contributed by atoms with Crippen molar-refractivity contribution in [2.75, 3.05) is 9.34 Å². The quantitative estimate of drug-likeness (QED) is 0.223. The summed E-state index contributed by atoms with van der Waals surface area (Å²) < 4.78 is 20.0. The lowest BCUT2D eigenvalue weighted by molar-refractivity contribution is 0.582. The maximum absolute atomic E-state index is 15.8. The van der Waals surface area contributed by atoms with Gasteiger partial charge in [-0.2, -0.15) is 0 Å². The molecule has 4 heteroatoms. The van der Waals surface area contributed by atoms with Crippen molar-refractivity contribution in [3.05, 3.63) is 140 Å². The van der Waals surface area contributed by atoms with E-state index in [9.17, 15) is 0 Å². The first kappa shape index (κ1) is 21.5. The van der Waals surface area contributed by atoms with E-state index in [-0.39, 0.29) is 0 Å². The summed E-state index contributed by atoms with van der Waals surface area (Å²) in [6.45, 7) is 0. The summed E-state index contributed by atoms with van der Waals surface area (Å²) in [4.78, 5) is 0. The highest BCUT2D eigenvalue weighted by Gasteiger charge is 2.49. The minimum absolute atomic E-state index is 0.798. The Kier molecular flexibility index (Phi) is 4.50. The van der Waals surface area contributed by atoms with Crippen LogP contribution in [-0.2, 0) is 4.57 Å².